The second-order valence-corrected chi connectivity index (χ2v) is 5.07. The van der Waals surface area contributed by atoms with Crippen LogP contribution in [0.3, 0.4) is 0 Å². The van der Waals surface area contributed by atoms with Crippen LogP contribution < -0.4 is 0 Å². The van der Waals surface area contributed by atoms with Gasteiger partial charge in [-0.1, -0.05) is 61.0 Å². The molecule has 0 aliphatic rings. The topological polar surface area (TPSA) is 20.3 Å². The molecule has 92 valence electrons. The van der Waals surface area contributed by atoms with Crippen molar-refractivity contribution < 1.29 is 4.79 Å². The molecule has 0 aromatic heterocycles. The second-order valence-electron chi connectivity index (χ2n) is 3.60. The number of hydrogen-bond donors (Lipinski definition) is 0. The zero-order valence-corrected chi connectivity index (χ0v) is 11.9. The Bertz CT molecular complexity index is 240. The van der Waals surface area contributed by atoms with E-state index in [4.69, 9.17) is 23.2 Å². The van der Waals surface area contributed by atoms with Crippen molar-refractivity contribution in [2.75, 3.05) is 18.8 Å². The van der Waals surface area contributed by atoms with Gasteiger partial charge in [0.1, 0.15) is 0 Å². The summed E-state index contributed by atoms with van der Waals surface area (Å²) in [5.74, 6) is 1.33. The van der Waals surface area contributed by atoms with E-state index in [1.807, 2.05) is 0 Å². The predicted octanol–water partition coefficient (Wildman–Crippen LogP) is 4.30. The van der Waals surface area contributed by atoms with Gasteiger partial charge in [0.15, 0.2) is 0 Å². The highest BCUT2D eigenvalue weighted by Crippen LogP contribution is 2.13. The highest BCUT2D eigenvalue weighted by atomic mass is 35.5. The third-order valence-electron chi connectivity index (χ3n) is 1.63. The smallest absolute Gasteiger partial charge is 0.282 e. The normalized spacial score (nSPS) is 11.8. The molecule has 0 aliphatic carbocycles. The Balaban J connectivity index is 4.19. The number of carbonyl (C=O) groups excluding carboxylic acids is 1. The van der Waals surface area contributed by atoms with Crippen molar-refractivity contribution in [2.24, 2.45) is 5.92 Å². The fourth-order valence-corrected chi connectivity index (χ4v) is 1.85. The first-order chi connectivity index (χ1) is 7.61. The molecule has 0 rings (SSSR count). The third-order valence-corrected chi connectivity index (χ3v) is 3.32. The van der Waals surface area contributed by atoms with E-state index in [9.17, 15) is 4.79 Å². The highest BCUT2D eigenvalue weighted by molar-refractivity contribution is 8.13. The Morgan fingerprint density at radius 3 is 2.12 bits per heavy atom. The maximum absolute atomic E-state index is 11.8. The van der Waals surface area contributed by atoms with Crippen molar-refractivity contribution in [3.8, 4) is 0 Å². The number of amides is 1. The summed E-state index contributed by atoms with van der Waals surface area (Å²) in [7, 11) is 0. The van der Waals surface area contributed by atoms with Gasteiger partial charge in [-0.05, 0) is 5.92 Å². The summed E-state index contributed by atoms with van der Waals surface area (Å²) in [4.78, 5) is 13.5. The Morgan fingerprint density at radius 2 is 1.75 bits per heavy atom. The molecule has 0 bridgehead atoms. The summed E-state index contributed by atoms with van der Waals surface area (Å²) in [6.45, 7) is 5.19. The first-order valence-corrected chi connectivity index (χ1v) is 6.89. The van der Waals surface area contributed by atoms with Crippen LogP contribution >= 0.6 is 35.0 Å². The quantitative estimate of drug-likeness (QED) is 0.723. The lowest BCUT2D eigenvalue weighted by Crippen LogP contribution is -2.28. The molecule has 2 nitrogen and oxygen atoms in total. The van der Waals surface area contributed by atoms with E-state index in [-0.39, 0.29) is 5.24 Å². The summed E-state index contributed by atoms with van der Waals surface area (Å²) in [6, 6.07) is 0. The maximum atomic E-state index is 11.8. The van der Waals surface area contributed by atoms with Crippen molar-refractivity contribution in [3.63, 3.8) is 0 Å². The largest absolute Gasteiger partial charge is 0.326 e. The van der Waals surface area contributed by atoms with Gasteiger partial charge in [0.2, 0.25) is 0 Å². The third kappa shape index (κ3) is 8.08. The lowest BCUT2D eigenvalue weighted by molar-refractivity contribution is 0.233. The van der Waals surface area contributed by atoms with Crippen LogP contribution in [-0.4, -0.2) is 29.0 Å². The molecule has 0 saturated heterocycles. The Kier molecular flexibility index (Phi) is 9.99. The molecular weight excluding hydrogens is 265 g/mol. The van der Waals surface area contributed by atoms with Gasteiger partial charge in [-0.2, -0.15) is 0 Å². The molecule has 0 atom stereocenters. The van der Waals surface area contributed by atoms with Gasteiger partial charge in [-0.3, -0.25) is 4.79 Å². The SMILES string of the molecule is CC(C)CSC(=O)N(CC=CCl)CC=CCl. The summed E-state index contributed by atoms with van der Waals surface area (Å²) in [5.41, 5.74) is 2.83. The summed E-state index contributed by atoms with van der Waals surface area (Å²) in [6.07, 6.45) is 3.47. The van der Waals surface area contributed by atoms with E-state index in [2.05, 4.69) is 13.8 Å². The van der Waals surface area contributed by atoms with Crippen LogP contribution in [0.1, 0.15) is 13.8 Å². The summed E-state index contributed by atoms with van der Waals surface area (Å²) >= 11 is 12.2. The van der Waals surface area contributed by atoms with Crippen LogP contribution in [0.4, 0.5) is 4.79 Å². The molecule has 5 heteroatoms. The molecule has 0 radical (unpaired) electrons. The van der Waals surface area contributed by atoms with Gasteiger partial charge in [-0.15, -0.1) is 0 Å². The van der Waals surface area contributed by atoms with Crippen molar-refractivity contribution in [3.05, 3.63) is 23.2 Å². The molecular formula is C11H17Cl2NOS. The average Bonchev–Trinajstić information content (AvgIpc) is 2.26. The molecule has 1 amide bonds. The molecule has 0 fully saturated rings. The van der Waals surface area contributed by atoms with Crippen molar-refractivity contribution in [1.82, 2.24) is 4.90 Å². The molecule has 0 aromatic rings. The number of hydrogen-bond acceptors (Lipinski definition) is 2. The highest BCUT2D eigenvalue weighted by Gasteiger charge is 2.11. The standard InChI is InChI=1S/C11H17Cl2NOS/c1-10(2)9-16-11(15)14(7-3-5-12)8-4-6-13/h3-6,10H,7-9H2,1-2H3. The lowest BCUT2D eigenvalue weighted by atomic mass is 10.3. The molecule has 0 aliphatic heterocycles. The Labute approximate surface area is 112 Å². The first-order valence-electron chi connectivity index (χ1n) is 5.04. The molecule has 0 unspecified atom stereocenters. The van der Waals surface area contributed by atoms with Crippen molar-refractivity contribution >= 4 is 40.2 Å². The van der Waals surface area contributed by atoms with Crippen LogP contribution in [0, 0.1) is 5.92 Å². The fourth-order valence-electron chi connectivity index (χ4n) is 0.887. The summed E-state index contributed by atoms with van der Waals surface area (Å²) < 4.78 is 0. The van der Waals surface area contributed by atoms with Gasteiger partial charge in [0.05, 0.1) is 0 Å². The number of rotatable bonds is 6. The average molecular weight is 282 g/mol. The minimum atomic E-state index is 0.0539. The molecule has 0 N–H and O–H groups in total. The number of nitrogens with zero attached hydrogens (tertiary/aromatic N) is 1. The predicted molar refractivity (Wildman–Crippen MR) is 74.3 cm³/mol. The molecule has 0 spiro atoms. The van der Waals surface area contributed by atoms with Crippen LogP contribution in [0.15, 0.2) is 23.2 Å². The Morgan fingerprint density at radius 1 is 1.25 bits per heavy atom. The van der Waals surface area contributed by atoms with E-state index in [1.165, 1.54) is 22.8 Å². The zero-order chi connectivity index (χ0) is 12.4. The summed E-state index contributed by atoms with van der Waals surface area (Å²) in [5, 5.41) is 0.0539. The number of thioether (sulfide) groups is 1. The van der Waals surface area contributed by atoms with Crippen LogP contribution in [-0.2, 0) is 0 Å². The van der Waals surface area contributed by atoms with E-state index < -0.39 is 0 Å². The monoisotopic (exact) mass is 281 g/mol. The van der Waals surface area contributed by atoms with E-state index >= 15 is 0 Å². The molecule has 0 saturated carbocycles. The van der Waals surface area contributed by atoms with Crippen LogP contribution in [0.2, 0.25) is 0 Å². The number of carbonyl (C=O) groups is 1. The minimum Gasteiger partial charge on any atom is -0.326 e. The second kappa shape index (κ2) is 10.1. The van der Waals surface area contributed by atoms with Gasteiger partial charge in [0, 0.05) is 29.9 Å². The van der Waals surface area contributed by atoms with Gasteiger partial charge < -0.3 is 4.90 Å². The zero-order valence-electron chi connectivity index (χ0n) is 9.53. The van der Waals surface area contributed by atoms with Crippen molar-refractivity contribution in [1.29, 1.82) is 0 Å². The van der Waals surface area contributed by atoms with Gasteiger partial charge in [-0.25, -0.2) is 0 Å². The van der Waals surface area contributed by atoms with Crippen LogP contribution in [0.5, 0.6) is 0 Å². The van der Waals surface area contributed by atoms with E-state index in [0.717, 1.165) is 5.75 Å². The first kappa shape index (κ1) is 15.9. The molecule has 0 heterocycles. The minimum absolute atomic E-state index is 0.0539. The molecule has 16 heavy (non-hydrogen) atoms. The van der Waals surface area contributed by atoms with Gasteiger partial charge in [0.25, 0.3) is 5.24 Å². The number of halogens is 2. The van der Waals surface area contributed by atoms with Crippen molar-refractivity contribution in [2.45, 2.75) is 13.8 Å². The van der Waals surface area contributed by atoms with E-state index in [0.29, 0.717) is 19.0 Å². The van der Waals surface area contributed by atoms with Crippen LogP contribution in [0.25, 0.3) is 0 Å². The van der Waals surface area contributed by atoms with Gasteiger partial charge >= 0.3 is 0 Å². The molecule has 0 aromatic carbocycles. The lowest BCUT2D eigenvalue weighted by Gasteiger charge is -2.19. The van der Waals surface area contributed by atoms with E-state index in [1.54, 1.807) is 17.1 Å². The Hall–Kier alpha value is -0.120. The fraction of sp³-hybridized carbons (Fsp3) is 0.545. The maximum Gasteiger partial charge on any atom is 0.282 e.